The van der Waals surface area contributed by atoms with Gasteiger partial charge in [0.1, 0.15) is 0 Å². The van der Waals surface area contributed by atoms with Crippen molar-refractivity contribution < 1.29 is 18.3 Å². The van der Waals surface area contributed by atoms with Crippen molar-refractivity contribution >= 4 is 6.08 Å². The van der Waals surface area contributed by atoms with Gasteiger partial charge in [0, 0.05) is 6.54 Å². The van der Waals surface area contributed by atoms with Crippen LogP contribution in [0.15, 0.2) is 23.8 Å². The molecule has 20 heavy (non-hydrogen) atoms. The molecule has 0 aliphatic heterocycles. The van der Waals surface area contributed by atoms with Gasteiger partial charge in [-0.1, -0.05) is 31.6 Å². The van der Waals surface area contributed by atoms with Crippen LogP contribution in [-0.2, 0) is 0 Å². The van der Waals surface area contributed by atoms with Crippen LogP contribution in [0.25, 0.3) is 6.08 Å². The Balaban J connectivity index is 2.93. The van der Waals surface area contributed by atoms with Gasteiger partial charge in [0.25, 0.3) is 0 Å². The number of hydrogen-bond acceptors (Lipinski definition) is 3. The van der Waals surface area contributed by atoms with Gasteiger partial charge in [-0.05, 0) is 30.7 Å². The van der Waals surface area contributed by atoms with E-state index in [-0.39, 0.29) is 5.75 Å². The second-order valence-electron chi connectivity index (χ2n) is 4.23. The summed E-state index contributed by atoms with van der Waals surface area (Å²) in [6.45, 7) is 2.98. The third-order valence-electron chi connectivity index (χ3n) is 2.83. The molecule has 3 nitrogen and oxygen atoms in total. The lowest BCUT2D eigenvalue weighted by Crippen LogP contribution is -2.15. The highest BCUT2D eigenvalue weighted by molar-refractivity contribution is 5.58. The van der Waals surface area contributed by atoms with Crippen LogP contribution in [0.2, 0.25) is 0 Å². The Morgan fingerprint density at radius 3 is 2.60 bits per heavy atom. The molecule has 0 fully saturated rings. The molecule has 0 atom stereocenters. The minimum atomic E-state index is -2.86. The molecule has 0 radical (unpaired) electrons. The summed E-state index contributed by atoms with van der Waals surface area (Å²) in [5.74, 6) is 0.349. The first kappa shape index (κ1) is 16.4. The van der Waals surface area contributed by atoms with Crippen molar-refractivity contribution in [3.8, 4) is 11.5 Å². The first-order chi connectivity index (χ1) is 9.60. The number of methoxy groups -OCH3 is 1. The first-order valence-electron chi connectivity index (χ1n) is 6.63. The predicted octanol–water partition coefficient (Wildman–Crippen LogP) is 3.70. The van der Waals surface area contributed by atoms with E-state index in [0.717, 1.165) is 25.1 Å². The molecule has 0 bridgehead atoms. The van der Waals surface area contributed by atoms with Crippen molar-refractivity contribution in [3.05, 3.63) is 29.3 Å². The van der Waals surface area contributed by atoms with Crippen LogP contribution in [0.5, 0.6) is 11.5 Å². The van der Waals surface area contributed by atoms with Crippen LogP contribution < -0.4 is 14.8 Å². The molecule has 5 heteroatoms. The van der Waals surface area contributed by atoms with Gasteiger partial charge in [-0.25, -0.2) is 0 Å². The van der Waals surface area contributed by atoms with Gasteiger partial charge in [-0.15, -0.1) is 0 Å². The fraction of sp³-hybridized carbons (Fsp3) is 0.467. The Morgan fingerprint density at radius 2 is 2.05 bits per heavy atom. The molecule has 0 unspecified atom stereocenters. The van der Waals surface area contributed by atoms with E-state index in [0.29, 0.717) is 5.75 Å². The highest BCUT2D eigenvalue weighted by Crippen LogP contribution is 2.30. The van der Waals surface area contributed by atoms with E-state index >= 15 is 0 Å². The second-order valence-corrected chi connectivity index (χ2v) is 4.23. The molecule has 1 N–H and O–H groups in total. The Bertz CT molecular complexity index is 447. The number of nitrogens with one attached hydrogen (secondary N) is 1. The van der Waals surface area contributed by atoms with E-state index in [1.54, 1.807) is 12.1 Å². The van der Waals surface area contributed by atoms with E-state index in [4.69, 9.17) is 4.74 Å². The van der Waals surface area contributed by atoms with Crippen LogP contribution in [0.4, 0.5) is 8.78 Å². The summed E-state index contributed by atoms with van der Waals surface area (Å²) < 4.78 is 34.0. The predicted molar refractivity (Wildman–Crippen MR) is 76.4 cm³/mol. The van der Waals surface area contributed by atoms with Crippen molar-refractivity contribution in [1.82, 2.24) is 5.32 Å². The summed E-state index contributed by atoms with van der Waals surface area (Å²) in [6, 6.07) is 4.93. The molecule has 1 aromatic rings. The average Bonchev–Trinajstić information content (AvgIpc) is 2.44. The van der Waals surface area contributed by atoms with E-state index < -0.39 is 6.61 Å². The van der Waals surface area contributed by atoms with Crippen LogP contribution >= 0.6 is 0 Å². The van der Waals surface area contributed by atoms with Crippen LogP contribution in [0.3, 0.4) is 0 Å². The zero-order chi connectivity index (χ0) is 15.0. The highest BCUT2D eigenvalue weighted by atomic mass is 19.3. The normalized spacial score (nSPS) is 11.8. The van der Waals surface area contributed by atoms with E-state index in [9.17, 15) is 8.78 Å². The summed E-state index contributed by atoms with van der Waals surface area (Å²) in [6.07, 6.45) is 2.95. The molecule has 0 heterocycles. The summed E-state index contributed by atoms with van der Waals surface area (Å²) in [7, 11) is 1.43. The number of alkyl halides is 2. The molecule has 1 rings (SSSR count). The zero-order valence-corrected chi connectivity index (χ0v) is 12.1. The van der Waals surface area contributed by atoms with Gasteiger partial charge in [0.15, 0.2) is 11.5 Å². The minimum Gasteiger partial charge on any atom is -0.493 e. The Kier molecular flexibility index (Phi) is 7.01. The Hall–Kier alpha value is -1.62. The molecule has 112 valence electrons. The fourth-order valence-corrected chi connectivity index (χ4v) is 1.77. The van der Waals surface area contributed by atoms with E-state index in [2.05, 4.69) is 17.0 Å². The van der Waals surface area contributed by atoms with E-state index in [1.807, 2.05) is 13.0 Å². The average molecular weight is 285 g/mol. The maximum atomic E-state index is 12.2. The van der Waals surface area contributed by atoms with Gasteiger partial charge < -0.3 is 14.8 Å². The summed E-state index contributed by atoms with van der Waals surface area (Å²) in [4.78, 5) is 0. The van der Waals surface area contributed by atoms with Crippen molar-refractivity contribution in [2.45, 2.75) is 26.9 Å². The Labute approximate surface area is 118 Å². The number of ether oxygens (including phenoxy) is 2. The molecule has 0 amide bonds. The number of likely N-dealkylation sites (N-methyl/N-ethyl adjacent to an activating group) is 1. The van der Waals surface area contributed by atoms with Gasteiger partial charge in [-0.2, -0.15) is 8.78 Å². The fourth-order valence-electron chi connectivity index (χ4n) is 1.77. The lowest BCUT2D eigenvalue weighted by Gasteiger charge is -2.11. The molecule has 0 saturated carbocycles. The van der Waals surface area contributed by atoms with Crippen LogP contribution in [0, 0.1) is 0 Å². The SMILES string of the molecule is CCNCC(=Cc1ccc(OC(F)F)c(OC)c1)CC. The topological polar surface area (TPSA) is 30.5 Å². The minimum absolute atomic E-state index is 0.0457. The Morgan fingerprint density at radius 1 is 1.30 bits per heavy atom. The van der Waals surface area contributed by atoms with Crippen molar-refractivity contribution in [1.29, 1.82) is 0 Å². The monoisotopic (exact) mass is 285 g/mol. The lowest BCUT2D eigenvalue weighted by molar-refractivity contribution is -0.0512. The maximum absolute atomic E-state index is 12.2. The molecular formula is C15H21F2NO2. The van der Waals surface area contributed by atoms with Crippen LogP contribution in [0.1, 0.15) is 25.8 Å². The van der Waals surface area contributed by atoms with Crippen molar-refractivity contribution in [2.24, 2.45) is 0 Å². The van der Waals surface area contributed by atoms with E-state index in [1.165, 1.54) is 18.7 Å². The third-order valence-corrected chi connectivity index (χ3v) is 2.83. The molecule has 0 saturated heterocycles. The number of hydrogen-bond donors (Lipinski definition) is 1. The highest BCUT2D eigenvalue weighted by Gasteiger charge is 2.10. The maximum Gasteiger partial charge on any atom is 0.387 e. The van der Waals surface area contributed by atoms with Gasteiger partial charge in [-0.3, -0.25) is 0 Å². The van der Waals surface area contributed by atoms with Crippen molar-refractivity contribution in [2.75, 3.05) is 20.2 Å². The van der Waals surface area contributed by atoms with Crippen molar-refractivity contribution in [3.63, 3.8) is 0 Å². The standard InChI is InChI=1S/C15H21F2NO2/c1-4-11(10-18-5-2)8-12-6-7-13(20-15(16)17)14(9-12)19-3/h6-9,15,18H,4-5,10H2,1-3H3. The quantitative estimate of drug-likeness (QED) is 0.790. The number of halogens is 2. The summed E-state index contributed by atoms with van der Waals surface area (Å²) in [5.41, 5.74) is 2.13. The largest absolute Gasteiger partial charge is 0.493 e. The number of rotatable bonds is 8. The molecule has 0 spiro atoms. The molecular weight excluding hydrogens is 264 g/mol. The van der Waals surface area contributed by atoms with Crippen LogP contribution in [-0.4, -0.2) is 26.8 Å². The summed E-state index contributed by atoms with van der Waals surface area (Å²) >= 11 is 0. The molecule has 0 aliphatic rings. The van der Waals surface area contributed by atoms with Gasteiger partial charge in [0.2, 0.25) is 0 Å². The van der Waals surface area contributed by atoms with Gasteiger partial charge >= 0.3 is 6.61 Å². The first-order valence-corrected chi connectivity index (χ1v) is 6.63. The smallest absolute Gasteiger partial charge is 0.387 e. The molecule has 1 aromatic carbocycles. The zero-order valence-electron chi connectivity index (χ0n) is 12.1. The van der Waals surface area contributed by atoms with Gasteiger partial charge in [0.05, 0.1) is 7.11 Å². The lowest BCUT2D eigenvalue weighted by atomic mass is 10.1. The number of benzene rings is 1. The summed E-state index contributed by atoms with van der Waals surface area (Å²) in [5, 5.41) is 3.26. The molecule has 0 aromatic heterocycles. The third kappa shape index (κ3) is 5.17. The second kappa shape index (κ2) is 8.53. The molecule has 0 aliphatic carbocycles.